The molecule has 124 valence electrons. The van der Waals surface area contributed by atoms with E-state index in [1.165, 1.54) is 44.9 Å². The number of carbonyl (C=O) groups excluding carboxylic acids is 1. The Kier molecular flexibility index (Phi) is 14.5. The molecule has 0 aliphatic rings. The zero-order valence-corrected chi connectivity index (χ0v) is 13.5. The fourth-order valence-corrected chi connectivity index (χ4v) is 2.17. The van der Waals surface area contributed by atoms with Crippen molar-refractivity contribution < 1.29 is 14.7 Å². The topological polar surface area (TPSA) is 78.4 Å². The van der Waals surface area contributed by atoms with Crippen molar-refractivity contribution in [3.63, 3.8) is 0 Å². The van der Waals surface area contributed by atoms with E-state index in [1.807, 2.05) is 0 Å². The van der Waals surface area contributed by atoms with Crippen LogP contribution in [0.25, 0.3) is 0 Å². The van der Waals surface area contributed by atoms with Crippen LogP contribution in [-0.2, 0) is 9.59 Å². The summed E-state index contributed by atoms with van der Waals surface area (Å²) in [5.41, 5.74) is 0. The van der Waals surface area contributed by atoms with Crippen LogP contribution in [0.5, 0.6) is 0 Å². The Morgan fingerprint density at radius 2 is 1.43 bits per heavy atom. The predicted molar refractivity (Wildman–Crippen MR) is 85.4 cm³/mol. The highest BCUT2D eigenvalue weighted by Gasteiger charge is 2.01. The molecule has 0 aliphatic carbocycles. The van der Waals surface area contributed by atoms with Crippen molar-refractivity contribution >= 4 is 11.9 Å². The van der Waals surface area contributed by atoms with Gasteiger partial charge in [-0.05, 0) is 6.42 Å². The second-order valence-electron chi connectivity index (χ2n) is 5.50. The second kappa shape index (κ2) is 15.3. The van der Waals surface area contributed by atoms with Gasteiger partial charge in [-0.15, -0.1) is 0 Å². The summed E-state index contributed by atoms with van der Waals surface area (Å²) in [6, 6.07) is 0. The van der Waals surface area contributed by atoms with Crippen LogP contribution in [0.1, 0.15) is 71.1 Å². The van der Waals surface area contributed by atoms with Gasteiger partial charge < -0.3 is 15.7 Å². The monoisotopic (exact) mass is 300 g/mol. The smallest absolute Gasteiger partial charge is 0.317 e. The van der Waals surface area contributed by atoms with Gasteiger partial charge in [0, 0.05) is 19.5 Å². The summed E-state index contributed by atoms with van der Waals surface area (Å²) in [5, 5.41) is 13.9. The Hall–Kier alpha value is -1.10. The molecule has 0 aromatic carbocycles. The third kappa shape index (κ3) is 16.8. The highest BCUT2D eigenvalue weighted by Crippen LogP contribution is 2.10. The van der Waals surface area contributed by atoms with Gasteiger partial charge >= 0.3 is 5.97 Å². The first-order valence-electron chi connectivity index (χ1n) is 8.36. The number of carboxylic acids is 1. The van der Waals surface area contributed by atoms with E-state index in [1.54, 1.807) is 0 Å². The average Bonchev–Trinajstić information content (AvgIpc) is 2.45. The highest BCUT2D eigenvalue weighted by atomic mass is 16.4. The van der Waals surface area contributed by atoms with Gasteiger partial charge in [-0.2, -0.15) is 0 Å². The van der Waals surface area contributed by atoms with Crippen LogP contribution in [-0.4, -0.2) is 36.6 Å². The molecule has 0 fully saturated rings. The summed E-state index contributed by atoms with van der Waals surface area (Å²) in [5.74, 6) is -0.814. The van der Waals surface area contributed by atoms with Crippen molar-refractivity contribution in [2.75, 3.05) is 19.6 Å². The Morgan fingerprint density at radius 1 is 0.857 bits per heavy atom. The second-order valence-corrected chi connectivity index (χ2v) is 5.50. The lowest BCUT2D eigenvalue weighted by Gasteiger charge is -2.05. The molecular formula is C16H32N2O3. The van der Waals surface area contributed by atoms with E-state index in [-0.39, 0.29) is 12.5 Å². The van der Waals surface area contributed by atoms with Gasteiger partial charge in [-0.1, -0.05) is 58.3 Å². The number of carboxylic acid groups (broad SMARTS) is 1. The molecule has 3 N–H and O–H groups in total. The van der Waals surface area contributed by atoms with Crippen LogP contribution in [0.3, 0.4) is 0 Å². The number of amides is 1. The van der Waals surface area contributed by atoms with Crippen molar-refractivity contribution in [1.82, 2.24) is 10.6 Å². The Morgan fingerprint density at radius 3 is 2.00 bits per heavy atom. The standard InChI is InChI=1S/C16H32N2O3/c1-2-3-4-5-6-7-8-9-10-11-15(19)18-13-12-17-14-16(20)21/h17H,2-14H2,1H3,(H,18,19)(H,20,21). The molecule has 21 heavy (non-hydrogen) atoms. The fourth-order valence-electron chi connectivity index (χ4n) is 2.17. The zero-order valence-electron chi connectivity index (χ0n) is 13.5. The third-order valence-corrected chi connectivity index (χ3v) is 3.41. The van der Waals surface area contributed by atoms with E-state index in [0.717, 1.165) is 12.8 Å². The zero-order chi connectivity index (χ0) is 15.8. The summed E-state index contributed by atoms with van der Waals surface area (Å²) >= 11 is 0. The van der Waals surface area contributed by atoms with Crippen molar-refractivity contribution in [2.45, 2.75) is 71.1 Å². The molecule has 0 radical (unpaired) electrons. The van der Waals surface area contributed by atoms with E-state index in [2.05, 4.69) is 17.6 Å². The van der Waals surface area contributed by atoms with Crippen LogP contribution in [0.15, 0.2) is 0 Å². The van der Waals surface area contributed by atoms with Gasteiger partial charge in [0.2, 0.25) is 5.91 Å². The van der Waals surface area contributed by atoms with Crippen LogP contribution < -0.4 is 10.6 Å². The lowest BCUT2D eigenvalue weighted by Crippen LogP contribution is -2.33. The Balaban J connectivity index is 3.17. The van der Waals surface area contributed by atoms with Gasteiger partial charge in [0.15, 0.2) is 0 Å². The molecule has 0 aromatic heterocycles. The van der Waals surface area contributed by atoms with Crippen LogP contribution in [0.4, 0.5) is 0 Å². The average molecular weight is 300 g/mol. The van der Waals surface area contributed by atoms with Crippen LogP contribution in [0, 0.1) is 0 Å². The maximum atomic E-state index is 11.5. The molecule has 5 nitrogen and oxygen atoms in total. The summed E-state index contributed by atoms with van der Waals surface area (Å²) < 4.78 is 0. The molecule has 0 aliphatic heterocycles. The first-order valence-corrected chi connectivity index (χ1v) is 8.36. The fraction of sp³-hybridized carbons (Fsp3) is 0.875. The van der Waals surface area contributed by atoms with Gasteiger partial charge in [0.25, 0.3) is 0 Å². The molecule has 1 amide bonds. The third-order valence-electron chi connectivity index (χ3n) is 3.41. The molecule has 0 aromatic rings. The first-order chi connectivity index (χ1) is 10.2. The lowest BCUT2D eigenvalue weighted by atomic mass is 10.1. The molecule has 5 heteroatoms. The minimum Gasteiger partial charge on any atom is -0.480 e. The van der Waals surface area contributed by atoms with Gasteiger partial charge in [0.1, 0.15) is 0 Å². The van der Waals surface area contributed by atoms with E-state index in [9.17, 15) is 9.59 Å². The molecule has 0 spiro atoms. The number of hydrogen-bond donors (Lipinski definition) is 3. The van der Waals surface area contributed by atoms with E-state index in [0.29, 0.717) is 19.5 Å². The van der Waals surface area contributed by atoms with Gasteiger partial charge in [-0.3, -0.25) is 9.59 Å². The summed E-state index contributed by atoms with van der Waals surface area (Å²) in [7, 11) is 0. The van der Waals surface area contributed by atoms with Crippen molar-refractivity contribution in [3.05, 3.63) is 0 Å². The highest BCUT2D eigenvalue weighted by molar-refractivity contribution is 5.75. The first kappa shape index (κ1) is 19.9. The number of aliphatic carboxylic acids is 1. The maximum absolute atomic E-state index is 11.5. The number of carbonyl (C=O) groups is 2. The maximum Gasteiger partial charge on any atom is 0.317 e. The van der Waals surface area contributed by atoms with Crippen LogP contribution >= 0.6 is 0 Å². The SMILES string of the molecule is CCCCCCCCCCCC(=O)NCCNCC(=O)O. The van der Waals surface area contributed by atoms with Crippen molar-refractivity contribution in [1.29, 1.82) is 0 Å². The summed E-state index contributed by atoms with van der Waals surface area (Å²) in [4.78, 5) is 21.7. The molecule has 0 atom stereocenters. The van der Waals surface area contributed by atoms with Crippen LogP contribution in [0.2, 0.25) is 0 Å². The molecule has 0 saturated carbocycles. The molecule has 0 rings (SSSR count). The van der Waals surface area contributed by atoms with Gasteiger partial charge in [0.05, 0.1) is 6.54 Å². The Bertz CT molecular complexity index is 270. The summed E-state index contributed by atoms with van der Waals surface area (Å²) in [6.07, 6.45) is 11.8. The molecular weight excluding hydrogens is 268 g/mol. The summed E-state index contributed by atoms with van der Waals surface area (Å²) in [6.45, 7) is 3.15. The lowest BCUT2D eigenvalue weighted by molar-refractivity contribution is -0.135. The van der Waals surface area contributed by atoms with Gasteiger partial charge in [-0.25, -0.2) is 0 Å². The largest absolute Gasteiger partial charge is 0.480 e. The minimum atomic E-state index is -0.879. The predicted octanol–water partition coefficient (Wildman–Crippen LogP) is 2.70. The van der Waals surface area contributed by atoms with E-state index < -0.39 is 5.97 Å². The molecule has 0 bridgehead atoms. The van der Waals surface area contributed by atoms with E-state index >= 15 is 0 Å². The molecule has 0 saturated heterocycles. The van der Waals surface area contributed by atoms with E-state index in [4.69, 9.17) is 5.11 Å². The number of rotatable bonds is 15. The number of nitrogens with one attached hydrogen (secondary N) is 2. The minimum absolute atomic E-state index is 0.0614. The Labute approximate surface area is 128 Å². The quantitative estimate of drug-likeness (QED) is 0.406. The van der Waals surface area contributed by atoms with Crippen molar-refractivity contribution in [2.24, 2.45) is 0 Å². The normalized spacial score (nSPS) is 10.5. The number of unbranched alkanes of at least 4 members (excludes halogenated alkanes) is 8. The number of hydrogen-bond acceptors (Lipinski definition) is 3. The van der Waals surface area contributed by atoms with Crippen molar-refractivity contribution in [3.8, 4) is 0 Å². The molecule has 0 heterocycles. The molecule has 0 unspecified atom stereocenters.